The summed E-state index contributed by atoms with van der Waals surface area (Å²) in [5.41, 5.74) is 0. The van der Waals surface area contributed by atoms with Crippen molar-refractivity contribution >= 4 is 6.29 Å². The van der Waals surface area contributed by atoms with Gasteiger partial charge in [0.1, 0.15) is 6.29 Å². The number of hydrogen-bond acceptors (Lipinski definition) is 1. The summed E-state index contributed by atoms with van der Waals surface area (Å²) in [4.78, 5) is 10.7. The number of aldehydes is 1. The zero-order valence-electron chi connectivity index (χ0n) is 8.09. The van der Waals surface area contributed by atoms with Gasteiger partial charge in [0.05, 0.1) is 0 Å². The summed E-state index contributed by atoms with van der Waals surface area (Å²) in [5.74, 6) is 1.19. The maximum absolute atomic E-state index is 10.7. The maximum atomic E-state index is 10.7. The van der Waals surface area contributed by atoms with Crippen LogP contribution in [0.2, 0.25) is 0 Å². The maximum Gasteiger partial charge on any atom is 0.123 e. The van der Waals surface area contributed by atoms with Gasteiger partial charge in [0.15, 0.2) is 0 Å². The van der Waals surface area contributed by atoms with E-state index in [2.05, 4.69) is 6.92 Å². The molecule has 1 aliphatic rings. The van der Waals surface area contributed by atoms with Crippen molar-refractivity contribution < 1.29 is 4.79 Å². The van der Waals surface area contributed by atoms with Gasteiger partial charge in [0.2, 0.25) is 0 Å². The first-order valence-electron chi connectivity index (χ1n) is 5.32. The van der Waals surface area contributed by atoms with Crippen LogP contribution in [0.4, 0.5) is 0 Å². The van der Waals surface area contributed by atoms with E-state index in [1.54, 1.807) is 0 Å². The summed E-state index contributed by atoms with van der Waals surface area (Å²) >= 11 is 0. The summed E-state index contributed by atoms with van der Waals surface area (Å²) in [6, 6.07) is 0. The predicted octanol–water partition coefficient (Wildman–Crippen LogP) is 3.18. The molecule has 1 saturated carbocycles. The summed E-state index contributed by atoms with van der Waals surface area (Å²) < 4.78 is 0. The first-order chi connectivity index (χ1) is 5.86. The van der Waals surface area contributed by atoms with E-state index < -0.39 is 0 Å². The van der Waals surface area contributed by atoms with Gasteiger partial charge in [-0.3, -0.25) is 0 Å². The monoisotopic (exact) mass is 168 g/mol. The molecule has 0 saturated heterocycles. The fourth-order valence-electron chi connectivity index (χ4n) is 2.17. The van der Waals surface area contributed by atoms with Crippen LogP contribution >= 0.6 is 0 Å². The first-order valence-corrected chi connectivity index (χ1v) is 5.32. The Morgan fingerprint density at radius 2 is 2.00 bits per heavy atom. The van der Waals surface area contributed by atoms with Gasteiger partial charge in [-0.1, -0.05) is 39.0 Å². The van der Waals surface area contributed by atoms with Crippen LogP contribution in [-0.4, -0.2) is 6.29 Å². The van der Waals surface area contributed by atoms with Gasteiger partial charge in [0, 0.05) is 5.92 Å². The molecular formula is C11H20O. The number of carbonyl (C=O) groups excluding carboxylic acids is 1. The van der Waals surface area contributed by atoms with E-state index in [9.17, 15) is 4.79 Å². The molecule has 1 rings (SSSR count). The van der Waals surface area contributed by atoms with E-state index in [1.807, 2.05) is 0 Å². The number of hydrogen-bond donors (Lipinski definition) is 0. The third-order valence-electron chi connectivity index (χ3n) is 3.09. The highest BCUT2D eigenvalue weighted by Gasteiger charge is 2.16. The van der Waals surface area contributed by atoms with Crippen LogP contribution in [0.1, 0.15) is 51.9 Å². The molecule has 1 heteroatoms. The average Bonchev–Trinajstić information content (AvgIpc) is 2.05. The van der Waals surface area contributed by atoms with Gasteiger partial charge >= 0.3 is 0 Å². The molecular weight excluding hydrogens is 148 g/mol. The molecule has 0 aliphatic heterocycles. The molecule has 0 aromatic heterocycles. The lowest BCUT2D eigenvalue weighted by molar-refractivity contribution is -0.111. The van der Waals surface area contributed by atoms with Crippen molar-refractivity contribution in [2.45, 2.75) is 51.9 Å². The van der Waals surface area contributed by atoms with Gasteiger partial charge < -0.3 is 4.79 Å². The molecule has 0 N–H and O–H groups in total. The van der Waals surface area contributed by atoms with Gasteiger partial charge in [-0.25, -0.2) is 0 Å². The van der Waals surface area contributed by atoms with Crippen molar-refractivity contribution in [1.82, 2.24) is 0 Å². The second-order valence-corrected chi connectivity index (χ2v) is 4.04. The second kappa shape index (κ2) is 5.34. The highest BCUT2D eigenvalue weighted by Crippen LogP contribution is 2.27. The van der Waals surface area contributed by atoms with Crippen LogP contribution in [0.25, 0.3) is 0 Å². The van der Waals surface area contributed by atoms with Crippen molar-refractivity contribution in [2.24, 2.45) is 11.8 Å². The topological polar surface area (TPSA) is 17.1 Å². The molecule has 12 heavy (non-hydrogen) atoms. The van der Waals surface area contributed by atoms with Crippen molar-refractivity contribution in [3.05, 3.63) is 0 Å². The Hall–Kier alpha value is -0.330. The zero-order chi connectivity index (χ0) is 8.81. The Kier molecular flexibility index (Phi) is 4.34. The smallest absolute Gasteiger partial charge is 0.123 e. The van der Waals surface area contributed by atoms with Gasteiger partial charge in [0.25, 0.3) is 0 Å². The molecule has 0 bridgehead atoms. The lowest BCUT2D eigenvalue weighted by Crippen LogP contribution is -2.12. The summed E-state index contributed by atoms with van der Waals surface area (Å²) in [7, 11) is 0. The predicted molar refractivity (Wildman–Crippen MR) is 51.0 cm³/mol. The molecule has 0 radical (unpaired) electrons. The minimum absolute atomic E-state index is 0.371. The van der Waals surface area contributed by atoms with Crippen LogP contribution in [-0.2, 0) is 4.79 Å². The summed E-state index contributed by atoms with van der Waals surface area (Å²) in [5, 5.41) is 0. The molecule has 70 valence electrons. The highest BCUT2D eigenvalue weighted by atomic mass is 16.1. The van der Waals surface area contributed by atoms with Crippen LogP contribution < -0.4 is 0 Å². The van der Waals surface area contributed by atoms with Crippen molar-refractivity contribution in [3.63, 3.8) is 0 Å². The third kappa shape index (κ3) is 2.96. The Balaban J connectivity index is 2.38. The molecule has 2 atom stereocenters. The normalized spacial score (nSPS) is 32.1. The Labute approximate surface area is 75.5 Å². The molecule has 0 spiro atoms. The van der Waals surface area contributed by atoms with E-state index >= 15 is 0 Å². The van der Waals surface area contributed by atoms with E-state index in [0.29, 0.717) is 5.92 Å². The molecule has 0 heterocycles. The van der Waals surface area contributed by atoms with Gasteiger partial charge in [-0.05, 0) is 18.8 Å². The highest BCUT2D eigenvalue weighted by molar-refractivity contribution is 5.53. The van der Waals surface area contributed by atoms with Crippen molar-refractivity contribution in [2.75, 3.05) is 0 Å². The molecule has 0 aromatic rings. The van der Waals surface area contributed by atoms with E-state index in [1.165, 1.54) is 38.4 Å². The third-order valence-corrected chi connectivity index (χ3v) is 3.09. The zero-order valence-corrected chi connectivity index (χ0v) is 8.09. The Bertz CT molecular complexity index is 131. The van der Waals surface area contributed by atoms with E-state index in [-0.39, 0.29) is 0 Å². The van der Waals surface area contributed by atoms with Crippen LogP contribution in [0.15, 0.2) is 0 Å². The number of rotatable bonds is 2. The minimum Gasteiger partial charge on any atom is -0.303 e. The molecule has 1 fully saturated rings. The SMILES string of the molecule is CCC1CCCCCC(C=O)C1. The fraction of sp³-hybridized carbons (Fsp3) is 0.909. The van der Waals surface area contributed by atoms with E-state index in [0.717, 1.165) is 18.8 Å². The quantitative estimate of drug-likeness (QED) is 0.579. The Morgan fingerprint density at radius 3 is 2.67 bits per heavy atom. The lowest BCUT2D eigenvalue weighted by Gasteiger charge is -2.21. The largest absolute Gasteiger partial charge is 0.303 e. The standard InChI is InChI=1S/C11H20O/c1-2-10-6-4-3-5-7-11(8-10)9-12/h9-11H,2-8H2,1H3. The summed E-state index contributed by atoms with van der Waals surface area (Å²) in [6.45, 7) is 2.24. The van der Waals surface area contributed by atoms with Crippen LogP contribution in [0.3, 0.4) is 0 Å². The van der Waals surface area contributed by atoms with Crippen molar-refractivity contribution in [1.29, 1.82) is 0 Å². The molecule has 1 aliphatic carbocycles. The lowest BCUT2D eigenvalue weighted by atomic mass is 9.84. The Morgan fingerprint density at radius 1 is 1.25 bits per heavy atom. The van der Waals surface area contributed by atoms with Crippen LogP contribution in [0.5, 0.6) is 0 Å². The van der Waals surface area contributed by atoms with Gasteiger partial charge in [-0.15, -0.1) is 0 Å². The average molecular weight is 168 g/mol. The molecule has 1 nitrogen and oxygen atoms in total. The molecule has 2 unspecified atom stereocenters. The molecule has 0 aromatic carbocycles. The second-order valence-electron chi connectivity index (χ2n) is 4.04. The van der Waals surface area contributed by atoms with Crippen LogP contribution in [0, 0.1) is 11.8 Å². The fourth-order valence-corrected chi connectivity index (χ4v) is 2.17. The summed E-state index contributed by atoms with van der Waals surface area (Å²) in [6.07, 6.45) is 10.0. The first kappa shape index (κ1) is 9.76. The van der Waals surface area contributed by atoms with Crippen molar-refractivity contribution in [3.8, 4) is 0 Å². The van der Waals surface area contributed by atoms with Gasteiger partial charge in [-0.2, -0.15) is 0 Å². The minimum atomic E-state index is 0.371. The number of carbonyl (C=O) groups is 1. The van der Waals surface area contributed by atoms with E-state index in [4.69, 9.17) is 0 Å². The molecule has 0 amide bonds.